The molecule has 6 nitrogen and oxygen atoms in total. The molecular weight excluding hydrogens is 314 g/mol. The number of halogens is 1. The molecule has 0 saturated carbocycles. The molecule has 0 atom stereocenters. The second kappa shape index (κ2) is 6.11. The first-order valence-electron chi connectivity index (χ1n) is 5.92. The number of carbonyl (C=O) groups is 1. The molecule has 2 aromatic rings. The predicted octanol–water partition coefficient (Wildman–Crippen LogP) is 3.16. The molecule has 0 fully saturated rings. The Kier molecular flexibility index (Phi) is 4.44. The van der Waals surface area contributed by atoms with Crippen molar-refractivity contribution in [3.8, 4) is 0 Å². The third kappa shape index (κ3) is 3.32. The third-order valence-corrected chi connectivity index (χ3v) is 4.06. The number of hydrogen-bond acceptors (Lipinski definition) is 5. The first-order chi connectivity index (χ1) is 9.90. The summed E-state index contributed by atoms with van der Waals surface area (Å²) in [6, 6.07) is 7.86. The maximum absolute atomic E-state index is 12.4. The zero-order chi connectivity index (χ0) is 15.6. The van der Waals surface area contributed by atoms with Crippen LogP contribution in [-0.4, -0.2) is 22.8 Å². The fraction of sp³-hybridized carbons (Fsp3) is 0.154. The van der Waals surface area contributed by atoms with Gasteiger partial charge in [-0.3, -0.25) is 14.9 Å². The Labute approximate surface area is 129 Å². The number of nitro groups is 1. The monoisotopic (exact) mass is 325 g/mol. The molecule has 1 aromatic heterocycles. The normalized spacial score (nSPS) is 10.4. The van der Waals surface area contributed by atoms with Gasteiger partial charge in [-0.15, -0.1) is 11.3 Å². The Morgan fingerprint density at radius 2 is 2.14 bits per heavy atom. The maximum atomic E-state index is 12.4. The standard InChI is InChI=1S/C13H12ClN3O3S/c1-16(7-8-5-6-11(14)21-8)13(18)9-3-2-4-10(15)12(9)17(19)20/h2-6H,7,15H2,1H3. The minimum absolute atomic E-state index is 0.0230. The second-order valence-corrected chi connectivity index (χ2v) is 6.17. The lowest BCUT2D eigenvalue weighted by atomic mass is 10.1. The van der Waals surface area contributed by atoms with E-state index in [1.54, 1.807) is 13.1 Å². The van der Waals surface area contributed by atoms with Crippen LogP contribution in [0.5, 0.6) is 0 Å². The molecule has 2 N–H and O–H groups in total. The summed E-state index contributed by atoms with van der Waals surface area (Å²) in [4.78, 5) is 25.1. The van der Waals surface area contributed by atoms with Crippen LogP contribution in [0.25, 0.3) is 0 Å². The fourth-order valence-corrected chi connectivity index (χ4v) is 3.03. The lowest BCUT2D eigenvalue weighted by Gasteiger charge is -2.16. The van der Waals surface area contributed by atoms with Crippen molar-refractivity contribution in [1.29, 1.82) is 0 Å². The van der Waals surface area contributed by atoms with E-state index in [1.807, 2.05) is 6.07 Å². The Morgan fingerprint density at radius 1 is 1.43 bits per heavy atom. The van der Waals surface area contributed by atoms with Crippen molar-refractivity contribution in [2.45, 2.75) is 6.54 Å². The van der Waals surface area contributed by atoms with Gasteiger partial charge in [0, 0.05) is 11.9 Å². The summed E-state index contributed by atoms with van der Waals surface area (Å²) < 4.78 is 0.626. The zero-order valence-electron chi connectivity index (χ0n) is 11.1. The number of benzene rings is 1. The first-order valence-corrected chi connectivity index (χ1v) is 7.12. The van der Waals surface area contributed by atoms with Crippen LogP contribution in [0.15, 0.2) is 30.3 Å². The van der Waals surface area contributed by atoms with Gasteiger partial charge in [-0.25, -0.2) is 0 Å². The van der Waals surface area contributed by atoms with Gasteiger partial charge in [-0.2, -0.15) is 0 Å². The average molecular weight is 326 g/mol. The van der Waals surface area contributed by atoms with Crippen LogP contribution < -0.4 is 5.73 Å². The van der Waals surface area contributed by atoms with E-state index in [0.717, 1.165) is 4.88 Å². The number of nitrogens with two attached hydrogens (primary N) is 1. The Bertz CT molecular complexity index is 702. The number of nitrogens with zero attached hydrogens (tertiary/aromatic N) is 2. The van der Waals surface area contributed by atoms with Gasteiger partial charge in [0.2, 0.25) is 0 Å². The van der Waals surface area contributed by atoms with Gasteiger partial charge in [0.25, 0.3) is 5.91 Å². The quantitative estimate of drug-likeness (QED) is 0.531. The number of nitro benzene ring substituents is 1. The van der Waals surface area contributed by atoms with E-state index in [1.165, 1.54) is 34.4 Å². The number of anilines is 1. The maximum Gasteiger partial charge on any atom is 0.304 e. The number of rotatable bonds is 4. The SMILES string of the molecule is CN(Cc1ccc(Cl)s1)C(=O)c1cccc(N)c1[N+](=O)[O-]. The van der Waals surface area contributed by atoms with Gasteiger partial charge in [0.1, 0.15) is 11.3 Å². The van der Waals surface area contributed by atoms with E-state index in [0.29, 0.717) is 10.9 Å². The summed E-state index contributed by atoms with van der Waals surface area (Å²) in [5.74, 6) is -0.460. The van der Waals surface area contributed by atoms with Crippen molar-refractivity contribution in [3.63, 3.8) is 0 Å². The zero-order valence-corrected chi connectivity index (χ0v) is 12.6. The van der Waals surface area contributed by atoms with Crippen LogP contribution in [0.4, 0.5) is 11.4 Å². The van der Waals surface area contributed by atoms with E-state index in [2.05, 4.69) is 0 Å². The molecule has 0 bridgehead atoms. The number of carbonyl (C=O) groups excluding carboxylic acids is 1. The largest absolute Gasteiger partial charge is 0.393 e. The molecule has 0 aliphatic rings. The van der Waals surface area contributed by atoms with Crippen molar-refractivity contribution in [1.82, 2.24) is 4.90 Å². The molecule has 1 amide bonds. The molecular formula is C13H12ClN3O3S. The molecule has 8 heteroatoms. The Hall–Kier alpha value is -2.12. The van der Waals surface area contributed by atoms with E-state index in [-0.39, 0.29) is 16.9 Å². The van der Waals surface area contributed by atoms with Gasteiger partial charge < -0.3 is 10.6 Å². The van der Waals surface area contributed by atoms with Crippen molar-refractivity contribution in [3.05, 3.63) is 55.2 Å². The number of nitrogen functional groups attached to an aromatic ring is 1. The lowest BCUT2D eigenvalue weighted by molar-refractivity contribution is -0.384. The Balaban J connectivity index is 2.27. The topological polar surface area (TPSA) is 89.5 Å². The first kappa shape index (κ1) is 15.3. The smallest absolute Gasteiger partial charge is 0.304 e. The number of amides is 1. The molecule has 0 aliphatic carbocycles. The summed E-state index contributed by atoms with van der Waals surface area (Å²) in [5, 5.41) is 11.1. The van der Waals surface area contributed by atoms with E-state index >= 15 is 0 Å². The van der Waals surface area contributed by atoms with Gasteiger partial charge in [0.05, 0.1) is 15.8 Å². The third-order valence-electron chi connectivity index (χ3n) is 2.85. The molecule has 0 unspecified atom stereocenters. The van der Waals surface area contributed by atoms with Crippen LogP contribution >= 0.6 is 22.9 Å². The van der Waals surface area contributed by atoms with Crippen molar-refractivity contribution in [2.75, 3.05) is 12.8 Å². The van der Waals surface area contributed by atoms with Crippen molar-refractivity contribution >= 4 is 40.2 Å². The summed E-state index contributed by atoms with van der Waals surface area (Å²) in [6.45, 7) is 0.322. The van der Waals surface area contributed by atoms with E-state index in [9.17, 15) is 14.9 Å². The number of hydrogen-bond donors (Lipinski definition) is 1. The van der Waals surface area contributed by atoms with Crippen LogP contribution in [0.2, 0.25) is 4.34 Å². The van der Waals surface area contributed by atoms with Crippen molar-refractivity contribution in [2.24, 2.45) is 0 Å². The minimum Gasteiger partial charge on any atom is -0.393 e. The van der Waals surface area contributed by atoms with Crippen molar-refractivity contribution < 1.29 is 9.72 Å². The van der Waals surface area contributed by atoms with Crippen LogP contribution in [0.1, 0.15) is 15.2 Å². The highest BCUT2D eigenvalue weighted by molar-refractivity contribution is 7.16. The van der Waals surface area contributed by atoms with Crippen LogP contribution in [0.3, 0.4) is 0 Å². The fourth-order valence-electron chi connectivity index (χ4n) is 1.89. The highest BCUT2D eigenvalue weighted by Gasteiger charge is 2.25. The second-order valence-electron chi connectivity index (χ2n) is 4.37. The highest BCUT2D eigenvalue weighted by atomic mass is 35.5. The lowest BCUT2D eigenvalue weighted by Crippen LogP contribution is -2.26. The Morgan fingerprint density at radius 3 is 2.71 bits per heavy atom. The minimum atomic E-state index is -0.640. The molecule has 2 rings (SSSR count). The van der Waals surface area contributed by atoms with Gasteiger partial charge >= 0.3 is 5.69 Å². The summed E-state index contributed by atoms with van der Waals surface area (Å²) in [6.07, 6.45) is 0. The molecule has 1 aromatic carbocycles. The molecule has 110 valence electrons. The van der Waals surface area contributed by atoms with E-state index in [4.69, 9.17) is 17.3 Å². The molecule has 21 heavy (non-hydrogen) atoms. The van der Waals surface area contributed by atoms with E-state index < -0.39 is 10.8 Å². The highest BCUT2D eigenvalue weighted by Crippen LogP contribution is 2.28. The van der Waals surface area contributed by atoms with Gasteiger partial charge in [-0.1, -0.05) is 17.7 Å². The average Bonchev–Trinajstić information content (AvgIpc) is 2.82. The van der Waals surface area contributed by atoms with Gasteiger partial charge in [-0.05, 0) is 24.3 Å². The molecule has 0 spiro atoms. The van der Waals surface area contributed by atoms with Crippen LogP contribution in [0, 0.1) is 10.1 Å². The van der Waals surface area contributed by atoms with Gasteiger partial charge in [0.15, 0.2) is 0 Å². The molecule has 0 aliphatic heterocycles. The summed E-state index contributed by atoms with van der Waals surface area (Å²) in [5.41, 5.74) is 5.17. The summed E-state index contributed by atoms with van der Waals surface area (Å²) in [7, 11) is 1.57. The summed E-state index contributed by atoms with van der Waals surface area (Å²) >= 11 is 7.19. The molecule has 0 saturated heterocycles. The molecule has 0 radical (unpaired) electrons. The van der Waals surface area contributed by atoms with Crippen LogP contribution in [-0.2, 0) is 6.54 Å². The predicted molar refractivity (Wildman–Crippen MR) is 82.6 cm³/mol. The number of thiophene rings is 1. The molecule has 1 heterocycles. The number of para-hydroxylation sites is 1.